The molecule has 1 aromatic carbocycles. The zero-order chi connectivity index (χ0) is 20.1. The molecule has 0 saturated carbocycles. The summed E-state index contributed by atoms with van der Waals surface area (Å²) in [7, 11) is 1.89. The lowest BCUT2D eigenvalue weighted by Crippen LogP contribution is -2.54. The van der Waals surface area contributed by atoms with Gasteiger partial charge < -0.3 is 10.2 Å². The lowest BCUT2D eigenvalue weighted by atomic mass is 9.88. The molecular formula is C22H31FN4O. The van der Waals surface area contributed by atoms with Gasteiger partial charge in [-0.15, -0.1) is 0 Å². The number of amides is 1. The van der Waals surface area contributed by atoms with Gasteiger partial charge in [0.2, 0.25) is 5.91 Å². The van der Waals surface area contributed by atoms with Crippen LogP contribution in [0, 0.1) is 11.7 Å². The van der Waals surface area contributed by atoms with Crippen molar-refractivity contribution in [3.05, 3.63) is 48.0 Å². The van der Waals surface area contributed by atoms with Gasteiger partial charge in [-0.1, -0.05) is 19.9 Å². The molecule has 2 atom stereocenters. The SMILES string of the molecule is CC(C)C[C@@H]1[C@H](Nc2cccc(F)c2)CCCN1C(=O)CCc1cnn(C)c1. The normalized spacial score (nSPS) is 19.8. The smallest absolute Gasteiger partial charge is 0.223 e. The molecule has 3 rings (SSSR count). The third kappa shape index (κ3) is 5.33. The highest BCUT2D eigenvalue weighted by atomic mass is 19.1. The second-order valence-corrected chi connectivity index (χ2v) is 8.21. The summed E-state index contributed by atoms with van der Waals surface area (Å²) >= 11 is 0. The molecule has 2 heterocycles. The topological polar surface area (TPSA) is 50.2 Å². The van der Waals surface area contributed by atoms with Crippen LogP contribution in [0.3, 0.4) is 0 Å². The Hall–Kier alpha value is -2.37. The van der Waals surface area contributed by atoms with Gasteiger partial charge in [0, 0.05) is 37.9 Å². The van der Waals surface area contributed by atoms with E-state index in [1.54, 1.807) is 10.7 Å². The summed E-state index contributed by atoms with van der Waals surface area (Å²) in [6, 6.07) is 6.84. The summed E-state index contributed by atoms with van der Waals surface area (Å²) in [4.78, 5) is 15.1. The van der Waals surface area contributed by atoms with Gasteiger partial charge in [0.25, 0.3) is 0 Å². The number of piperidine rings is 1. The molecule has 1 amide bonds. The van der Waals surface area contributed by atoms with E-state index in [0.29, 0.717) is 18.8 Å². The van der Waals surface area contributed by atoms with E-state index in [-0.39, 0.29) is 23.8 Å². The van der Waals surface area contributed by atoms with Crippen LogP contribution in [0.4, 0.5) is 10.1 Å². The van der Waals surface area contributed by atoms with Crippen molar-refractivity contribution in [2.75, 3.05) is 11.9 Å². The molecule has 0 spiro atoms. The highest BCUT2D eigenvalue weighted by Crippen LogP contribution is 2.27. The Balaban J connectivity index is 1.69. The monoisotopic (exact) mass is 386 g/mol. The standard InChI is InChI=1S/C22H31FN4O/c1-16(2)12-21-20(25-19-7-4-6-18(23)13-19)8-5-11-27(21)22(28)10-9-17-14-24-26(3)15-17/h4,6-7,13-16,20-21,25H,5,8-12H2,1-3H3/t20-,21-/m1/s1. The van der Waals surface area contributed by atoms with E-state index in [2.05, 4.69) is 29.2 Å². The molecule has 2 aromatic rings. The molecule has 1 aromatic heterocycles. The summed E-state index contributed by atoms with van der Waals surface area (Å²) in [5, 5.41) is 7.67. The van der Waals surface area contributed by atoms with Crippen molar-refractivity contribution in [1.29, 1.82) is 0 Å². The first kappa shape index (κ1) is 20.4. The number of nitrogens with one attached hydrogen (secondary N) is 1. The Bertz CT molecular complexity index is 788. The molecule has 1 aliphatic rings. The average molecular weight is 387 g/mol. The first-order chi connectivity index (χ1) is 13.4. The minimum Gasteiger partial charge on any atom is -0.380 e. The number of likely N-dealkylation sites (tertiary alicyclic amines) is 1. The molecule has 152 valence electrons. The van der Waals surface area contributed by atoms with E-state index in [4.69, 9.17) is 0 Å². The lowest BCUT2D eigenvalue weighted by Gasteiger charge is -2.43. The second-order valence-electron chi connectivity index (χ2n) is 8.21. The van der Waals surface area contributed by atoms with E-state index in [1.165, 1.54) is 12.1 Å². The Morgan fingerprint density at radius 1 is 1.39 bits per heavy atom. The van der Waals surface area contributed by atoms with Crippen molar-refractivity contribution in [3.8, 4) is 0 Å². The third-order valence-electron chi connectivity index (χ3n) is 5.37. The molecule has 0 aliphatic carbocycles. The molecule has 28 heavy (non-hydrogen) atoms. The number of aromatic nitrogens is 2. The van der Waals surface area contributed by atoms with Crippen LogP contribution in [-0.2, 0) is 18.3 Å². The van der Waals surface area contributed by atoms with Gasteiger partial charge >= 0.3 is 0 Å². The Morgan fingerprint density at radius 3 is 2.89 bits per heavy atom. The minimum absolute atomic E-state index is 0.124. The fourth-order valence-corrected chi connectivity index (χ4v) is 4.10. The number of aryl methyl sites for hydroxylation is 2. The van der Waals surface area contributed by atoms with Crippen LogP contribution >= 0.6 is 0 Å². The number of halogens is 1. The minimum atomic E-state index is -0.245. The zero-order valence-corrected chi connectivity index (χ0v) is 17.1. The van der Waals surface area contributed by atoms with Crippen molar-refractivity contribution < 1.29 is 9.18 Å². The van der Waals surface area contributed by atoms with Crippen LogP contribution in [0.2, 0.25) is 0 Å². The number of hydrogen-bond acceptors (Lipinski definition) is 3. The number of benzene rings is 1. The van der Waals surface area contributed by atoms with Crippen molar-refractivity contribution >= 4 is 11.6 Å². The Morgan fingerprint density at radius 2 is 2.21 bits per heavy atom. The maximum atomic E-state index is 13.6. The number of nitrogens with zero attached hydrogens (tertiary/aromatic N) is 3. The van der Waals surface area contributed by atoms with Crippen molar-refractivity contribution in [3.63, 3.8) is 0 Å². The number of anilines is 1. The predicted molar refractivity (Wildman–Crippen MR) is 110 cm³/mol. The lowest BCUT2D eigenvalue weighted by molar-refractivity contribution is -0.135. The van der Waals surface area contributed by atoms with Gasteiger partial charge in [0.1, 0.15) is 5.82 Å². The van der Waals surface area contributed by atoms with Gasteiger partial charge in [0.15, 0.2) is 0 Å². The largest absolute Gasteiger partial charge is 0.380 e. The van der Waals surface area contributed by atoms with Gasteiger partial charge in [-0.3, -0.25) is 9.48 Å². The van der Waals surface area contributed by atoms with Crippen molar-refractivity contribution in [2.24, 2.45) is 13.0 Å². The number of carbonyl (C=O) groups excluding carboxylic acids is 1. The van der Waals surface area contributed by atoms with Crippen LogP contribution in [0.5, 0.6) is 0 Å². The van der Waals surface area contributed by atoms with E-state index in [9.17, 15) is 9.18 Å². The van der Waals surface area contributed by atoms with Gasteiger partial charge in [-0.2, -0.15) is 5.10 Å². The number of hydrogen-bond donors (Lipinski definition) is 1. The average Bonchev–Trinajstić information content (AvgIpc) is 3.06. The maximum absolute atomic E-state index is 13.6. The van der Waals surface area contributed by atoms with Crippen LogP contribution in [0.1, 0.15) is 45.1 Å². The predicted octanol–water partition coefficient (Wildman–Crippen LogP) is 4.01. The molecular weight excluding hydrogens is 355 g/mol. The first-order valence-electron chi connectivity index (χ1n) is 10.2. The Kier molecular flexibility index (Phi) is 6.70. The van der Waals surface area contributed by atoms with E-state index in [0.717, 1.165) is 37.1 Å². The maximum Gasteiger partial charge on any atom is 0.223 e. The molecule has 6 heteroatoms. The van der Waals surface area contributed by atoms with Crippen LogP contribution in [-0.4, -0.2) is 39.2 Å². The van der Waals surface area contributed by atoms with Gasteiger partial charge in [0.05, 0.1) is 12.2 Å². The molecule has 0 radical (unpaired) electrons. The molecule has 0 bridgehead atoms. The number of carbonyl (C=O) groups is 1. The fourth-order valence-electron chi connectivity index (χ4n) is 4.10. The quantitative estimate of drug-likeness (QED) is 0.782. The van der Waals surface area contributed by atoms with Crippen LogP contribution < -0.4 is 5.32 Å². The summed E-state index contributed by atoms with van der Waals surface area (Å²) < 4.78 is 15.4. The summed E-state index contributed by atoms with van der Waals surface area (Å²) in [5.41, 5.74) is 1.87. The van der Waals surface area contributed by atoms with Gasteiger partial charge in [-0.05, 0) is 55.4 Å². The highest BCUT2D eigenvalue weighted by Gasteiger charge is 2.34. The third-order valence-corrected chi connectivity index (χ3v) is 5.37. The molecule has 1 N–H and O–H groups in total. The molecule has 0 unspecified atom stereocenters. The second kappa shape index (κ2) is 9.22. The zero-order valence-electron chi connectivity index (χ0n) is 17.1. The highest BCUT2D eigenvalue weighted by molar-refractivity contribution is 5.77. The first-order valence-corrected chi connectivity index (χ1v) is 10.2. The van der Waals surface area contributed by atoms with E-state index in [1.807, 2.05) is 25.5 Å². The summed E-state index contributed by atoms with van der Waals surface area (Å²) in [6.45, 7) is 5.17. The number of rotatable bonds is 7. The summed E-state index contributed by atoms with van der Waals surface area (Å²) in [6.07, 6.45) is 7.87. The van der Waals surface area contributed by atoms with Gasteiger partial charge in [-0.25, -0.2) is 4.39 Å². The van der Waals surface area contributed by atoms with Crippen LogP contribution in [0.15, 0.2) is 36.7 Å². The van der Waals surface area contributed by atoms with E-state index < -0.39 is 0 Å². The van der Waals surface area contributed by atoms with Crippen molar-refractivity contribution in [1.82, 2.24) is 14.7 Å². The molecule has 5 nitrogen and oxygen atoms in total. The summed E-state index contributed by atoms with van der Waals surface area (Å²) in [5.74, 6) is 0.430. The fraction of sp³-hybridized carbons (Fsp3) is 0.545. The molecule has 1 fully saturated rings. The molecule has 1 aliphatic heterocycles. The Labute approximate surface area is 166 Å². The molecule has 1 saturated heterocycles. The van der Waals surface area contributed by atoms with Crippen LogP contribution in [0.25, 0.3) is 0 Å². The van der Waals surface area contributed by atoms with Crippen molar-refractivity contribution in [2.45, 2.75) is 58.0 Å². The van der Waals surface area contributed by atoms with E-state index >= 15 is 0 Å².